The molecule has 1 amide bonds. The molecular weight excluding hydrogens is 186 g/mol. The third-order valence-corrected chi connectivity index (χ3v) is 3.18. The lowest BCUT2D eigenvalue weighted by Gasteiger charge is -2.43. The van der Waals surface area contributed by atoms with E-state index in [9.17, 15) is 4.79 Å². The van der Waals surface area contributed by atoms with E-state index in [1.807, 2.05) is 32.6 Å². The molecule has 1 spiro atoms. The van der Waals surface area contributed by atoms with Gasteiger partial charge < -0.3 is 4.90 Å². The first kappa shape index (κ1) is 14.5. The number of hydrogen-bond donors (Lipinski definition) is 0. The van der Waals surface area contributed by atoms with E-state index in [-0.39, 0.29) is 0 Å². The van der Waals surface area contributed by atoms with E-state index in [2.05, 4.69) is 6.92 Å². The molecule has 0 aromatic carbocycles. The van der Waals surface area contributed by atoms with Crippen molar-refractivity contribution in [2.24, 2.45) is 11.3 Å². The Hall–Kier alpha value is -0.530. The first-order valence-electron chi connectivity index (χ1n) is 6.43. The summed E-state index contributed by atoms with van der Waals surface area (Å²) in [5.74, 6) is 0.904. The predicted octanol–water partition coefficient (Wildman–Crippen LogP) is 3.32. The van der Waals surface area contributed by atoms with E-state index in [4.69, 9.17) is 0 Å². The minimum absolute atomic E-state index is 0.556. The summed E-state index contributed by atoms with van der Waals surface area (Å²) in [6.07, 6.45) is 4.93. The molecule has 90 valence electrons. The fraction of sp³-hybridized carbons (Fsp3) is 0.923. The van der Waals surface area contributed by atoms with Gasteiger partial charge in [0.2, 0.25) is 6.41 Å². The zero-order valence-corrected chi connectivity index (χ0v) is 11.0. The monoisotopic (exact) mass is 213 g/mol. The quantitative estimate of drug-likeness (QED) is 0.612. The standard InChI is InChI=1S/C9H15NO.2C2H6/c1-8-4-9(5-8)2-3-10(6-9)7-11;2*1-2/h7-8H,2-6H2,1H3;2*1-2H3. The summed E-state index contributed by atoms with van der Waals surface area (Å²) in [6, 6.07) is 0. The van der Waals surface area contributed by atoms with E-state index in [1.54, 1.807) is 0 Å². The first-order chi connectivity index (χ1) is 7.24. The second kappa shape index (κ2) is 6.86. The molecule has 2 heteroatoms. The van der Waals surface area contributed by atoms with Crippen LogP contribution in [0.15, 0.2) is 0 Å². The van der Waals surface area contributed by atoms with Crippen LogP contribution < -0.4 is 0 Å². The molecule has 2 rings (SSSR count). The summed E-state index contributed by atoms with van der Waals surface area (Å²) in [7, 11) is 0. The molecule has 0 unspecified atom stereocenters. The highest BCUT2D eigenvalue weighted by Gasteiger charge is 2.46. The van der Waals surface area contributed by atoms with Crippen molar-refractivity contribution in [1.82, 2.24) is 4.90 Å². The van der Waals surface area contributed by atoms with Gasteiger partial charge in [-0.05, 0) is 30.6 Å². The van der Waals surface area contributed by atoms with Crippen LogP contribution in [0, 0.1) is 11.3 Å². The van der Waals surface area contributed by atoms with Crippen molar-refractivity contribution in [3.8, 4) is 0 Å². The van der Waals surface area contributed by atoms with Gasteiger partial charge in [-0.15, -0.1) is 0 Å². The van der Waals surface area contributed by atoms with Gasteiger partial charge in [0.25, 0.3) is 0 Å². The second-order valence-electron chi connectivity index (χ2n) is 4.34. The molecule has 1 aliphatic carbocycles. The van der Waals surface area contributed by atoms with Crippen LogP contribution in [0.1, 0.15) is 53.9 Å². The van der Waals surface area contributed by atoms with E-state index in [1.165, 1.54) is 19.3 Å². The Kier molecular flexibility index (Phi) is 6.62. The number of carbonyl (C=O) groups is 1. The molecule has 0 aromatic heterocycles. The molecule has 15 heavy (non-hydrogen) atoms. The molecule has 1 saturated carbocycles. The van der Waals surface area contributed by atoms with Gasteiger partial charge in [0.15, 0.2) is 0 Å². The molecule has 1 heterocycles. The van der Waals surface area contributed by atoms with Gasteiger partial charge in [0.1, 0.15) is 0 Å². The number of nitrogens with zero attached hydrogens (tertiary/aromatic N) is 1. The van der Waals surface area contributed by atoms with Crippen molar-refractivity contribution in [2.45, 2.75) is 53.9 Å². The maximum atomic E-state index is 10.4. The van der Waals surface area contributed by atoms with Gasteiger partial charge in [-0.3, -0.25) is 4.79 Å². The van der Waals surface area contributed by atoms with E-state index in [0.717, 1.165) is 25.4 Å². The third-order valence-electron chi connectivity index (χ3n) is 3.18. The number of rotatable bonds is 1. The van der Waals surface area contributed by atoms with Crippen LogP contribution in [0.4, 0.5) is 0 Å². The lowest BCUT2D eigenvalue weighted by molar-refractivity contribution is -0.118. The second-order valence-corrected chi connectivity index (χ2v) is 4.34. The molecule has 0 N–H and O–H groups in total. The van der Waals surface area contributed by atoms with Crippen LogP contribution >= 0.6 is 0 Å². The Morgan fingerprint density at radius 2 is 1.73 bits per heavy atom. The van der Waals surface area contributed by atoms with Crippen LogP contribution in [0.5, 0.6) is 0 Å². The molecule has 0 atom stereocenters. The average Bonchev–Trinajstić information content (AvgIpc) is 2.68. The third kappa shape index (κ3) is 3.51. The Bertz CT molecular complexity index is 173. The Labute approximate surface area is 95.0 Å². The van der Waals surface area contributed by atoms with Gasteiger partial charge in [-0.2, -0.15) is 0 Å². The minimum Gasteiger partial charge on any atom is -0.345 e. The highest BCUT2D eigenvalue weighted by atomic mass is 16.1. The SMILES string of the molecule is CC.CC.CC1CC2(CCN(C=O)C2)C1. The maximum absolute atomic E-state index is 10.4. The van der Waals surface area contributed by atoms with Crippen molar-refractivity contribution in [1.29, 1.82) is 0 Å². The molecule has 2 aliphatic rings. The van der Waals surface area contributed by atoms with Crippen LogP contribution in [-0.4, -0.2) is 24.4 Å². The lowest BCUT2D eigenvalue weighted by Crippen LogP contribution is -2.38. The highest BCUT2D eigenvalue weighted by Crippen LogP contribution is 2.50. The van der Waals surface area contributed by atoms with Gasteiger partial charge >= 0.3 is 0 Å². The van der Waals surface area contributed by atoms with Gasteiger partial charge in [0, 0.05) is 13.1 Å². The fourth-order valence-electron chi connectivity index (χ4n) is 2.81. The molecule has 2 nitrogen and oxygen atoms in total. The van der Waals surface area contributed by atoms with Crippen molar-refractivity contribution >= 4 is 6.41 Å². The van der Waals surface area contributed by atoms with E-state index < -0.39 is 0 Å². The van der Waals surface area contributed by atoms with Crippen molar-refractivity contribution in [3.05, 3.63) is 0 Å². The average molecular weight is 213 g/mol. The van der Waals surface area contributed by atoms with Gasteiger partial charge in [-0.25, -0.2) is 0 Å². The zero-order valence-electron chi connectivity index (χ0n) is 11.0. The summed E-state index contributed by atoms with van der Waals surface area (Å²) in [5, 5.41) is 0. The highest BCUT2D eigenvalue weighted by molar-refractivity contribution is 5.48. The Balaban J connectivity index is 0.000000442. The maximum Gasteiger partial charge on any atom is 0.209 e. The summed E-state index contributed by atoms with van der Waals surface area (Å²) >= 11 is 0. The molecule has 0 bridgehead atoms. The molecule has 0 radical (unpaired) electrons. The summed E-state index contributed by atoms with van der Waals surface area (Å²) < 4.78 is 0. The number of carbonyl (C=O) groups excluding carboxylic acids is 1. The number of likely N-dealkylation sites (tertiary alicyclic amines) is 1. The van der Waals surface area contributed by atoms with Gasteiger partial charge in [0.05, 0.1) is 0 Å². The normalized spacial score (nSPS) is 32.1. The predicted molar refractivity (Wildman–Crippen MR) is 65.8 cm³/mol. The molecule has 1 saturated heterocycles. The topological polar surface area (TPSA) is 20.3 Å². The van der Waals surface area contributed by atoms with E-state index >= 15 is 0 Å². The van der Waals surface area contributed by atoms with E-state index in [0.29, 0.717) is 5.41 Å². The molecule has 0 aromatic rings. The molecular formula is C13H27NO. The van der Waals surface area contributed by atoms with Crippen LogP contribution in [0.3, 0.4) is 0 Å². The lowest BCUT2D eigenvalue weighted by atomic mass is 9.62. The largest absolute Gasteiger partial charge is 0.345 e. The molecule has 2 fully saturated rings. The Morgan fingerprint density at radius 1 is 1.20 bits per heavy atom. The zero-order chi connectivity index (χ0) is 11.9. The fourth-order valence-corrected chi connectivity index (χ4v) is 2.81. The summed E-state index contributed by atoms with van der Waals surface area (Å²) in [6.45, 7) is 12.3. The number of amides is 1. The van der Waals surface area contributed by atoms with Gasteiger partial charge in [-0.1, -0.05) is 34.6 Å². The smallest absolute Gasteiger partial charge is 0.209 e. The van der Waals surface area contributed by atoms with Crippen molar-refractivity contribution in [3.63, 3.8) is 0 Å². The number of hydrogen-bond acceptors (Lipinski definition) is 1. The van der Waals surface area contributed by atoms with Crippen molar-refractivity contribution < 1.29 is 4.79 Å². The van der Waals surface area contributed by atoms with Crippen LogP contribution in [0.25, 0.3) is 0 Å². The Morgan fingerprint density at radius 3 is 2.07 bits per heavy atom. The summed E-state index contributed by atoms with van der Waals surface area (Å²) in [4.78, 5) is 12.4. The molecule has 1 aliphatic heterocycles. The summed E-state index contributed by atoms with van der Waals surface area (Å²) in [5.41, 5.74) is 0.556. The van der Waals surface area contributed by atoms with Crippen molar-refractivity contribution in [2.75, 3.05) is 13.1 Å². The van der Waals surface area contributed by atoms with Crippen LogP contribution in [0.2, 0.25) is 0 Å². The first-order valence-corrected chi connectivity index (χ1v) is 6.43. The minimum atomic E-state index is 0.556. The van der Waals surface area contributed by atoms with Crippen LogP contribution in [-0.2, 0) is 4.79 Å².